The first-order valence-electron chi connectivity index (χ1n) is 26.2. The lowest BCUT2D eigenvalue weighted by atomic mass is 10.0. The maximum Gasteiger partial charge on any atom is 0.306 e. The number of rotatable bonds is 48. The average Bonchev–Trinajstić information content (AvgIpc) is 3.25. The normalized spacial score (nSPS) is 12.5. The Morgan fingerprint density at radius 2 is 0.717 bits per heavy atom. The first kappa shape index (κ1) is 57.9. The summed E-state index contributed by atoms with van der Waals surface area (Å²) in [6, 6.07) is 0. The largest absolute Gasteiger partial charge is 0.462 e. The number of unbranched alkanes of at least 4 members (excludes halogenated alkanes) is 32. The van der Waals surface area contributed by atoms with E-state index in [4.69, 9.17) is 9.47 Å². The Kier molecular flexibility index (Phi) is 49.4. The quantitative estimate of drug-likeness (QED) is 0.0375. The van der Waals surface area contributed by atoms with Gasteiger partial charge in [-0.2, -0.15) is 0 Å². The van der Waals surface area contributed by atoms with Crippen molar-refractivity contribution in [1.29, 1.82) is 0 Å². The zero-order valence-corrected chi connectivity index (χ0v) is 40.0. The average molecular weight is 841 g/mol. The van der Waals surface area contributed by atoms with Gasteiger partial charge < -0.3 is 14.6 Å². The molecule has 5 nitrogen and oxygen atoms in total. The smallest absolute Gasteiger partial charge is 0.306 e. The number of carbonyl (C=O) groups is 2. The fraction of sp³-hybridized carbons (Fsp3) is 0.818. The molecule has 0 aliphatic rings. The van der Waals surface area contributed by atoms with Crippen molar-refractivity contribution in [2.24, 2.45) is 0 Å². The third kappa shape index (κ3) is 48.5. The number of esters is 2. The van der Waals surface area contributed by atoms with Crippen molar-refractivity contribution in [3.8, 4) is 0 Å². The molecule has 0 bridgehead atoms. The van der Waals surface area contributed by atoms with Crippen LogP contribution in [0.15, 0.2) is 48.6 Å². The van der Waals surface area contributed by atoms with E-state index in [2.05, 4.69) is 62.5 Å². The standard InChI is InChI=1S/C55H100O5/c1-3-5-7-9-11-13-15-17-19-21-22-23-24-25-26-27-28-29-30-31-32-34-36-38-40-42-44-46-48-50-55(58)60-53(51-56)52-59-54(57)49-47-45-43-41-39-37-35-33-20-18-16-14-12-10-8-6-4-2/h5,7,11,13,17,19,22-23,53,56H,3-4,6,8-10,12,14-16,18,20-21,24-52H2,1-2H3/b7-5-,13-11-,19-17-,23-22-. The van der Waals surface area contributed by atoms with E-state index in [0.29, 0.717) is 12.8 Å². The van der Waals surface area contributed by atoms with E-state index in [0.717, 1.165) is 64.2 Å². The summed E-state index contributed by atoms with van der Waals surface area (Å²) in [4.78, 5) is 24.4. The van der Waals surface area contributed by atoms with Gasteiger partial charge in [-0.15, -0.1) is 0 Å². The molecule has 0 aromatic heterocycles. The zero-order chi connectivity index (χ0) is 43.5. The summed E-state index contributed by atoms with van der Waals surface area (Å²) in [5.41, 5.74) is 0. The number of hydrogen-bond acceptors (Lipinski definition) is 5. The Hall–Kier alpha value is -2.14. The maximum atomic E-state index is 12.3. The van der Waals surface area contributed by atoms with Crippen LogP contribution in [0.25, 0.3) is 0 Å². The van der Waals surface area contributed by atoms with E-state index in [-0.39, 0.29) is 25.2 Å². The number of ether oxygens (including phenoxy) is 2. The molecule has 60 heavy (non-hydrogen) atoms. The van der Waals surface area contributed by atoms with Gasteiger partial charge in [0, 0.05) is 12.8 Å². The molecular weight excluding hydrogens is 741 g/mol. The minimum atomic E-state index is -0.769. The lowest BCUT2D eigenvalue weighted by Crippen LogP contribution is -2.28. The first-order chi connectivity index (χ1) is 29.6. The minimum Gasteiger partial charge on any atom is -0.462 e. The Morgan fingerprint density at radius 1 is 0.400 bits per heavy atom. The van der Waals surface area contributed by atoms with Gasteiger partial charge in [0.05, 0.1) is 6.61 Å². The highest BCUT2D eigenvalue weighted by Gasteiger charge is 2.16. The summed E-state index contributed by atoms with van der Waals surface area (Å²) in [6.07, 6.45) is 66.4. The van der Waals surface area contributed by atoms with E-state index in [1.54, 1.807) is 0 Å². The Labute approximate surface area is 373 Å². The second kappa shape index (κ2) is 51.2. The van der Waals surface area contributed by atoms with E-state index < -0.39 is 6.10 Å². The summed E-state index contributed by atoms with van der Waals surface area (Å²) in [5, 5.41) is 9.63. The van der Waals surface area contributed by atoms with Crippen molar-refractivity contribution in [1.82, 2.24) is 0 Å². The van der Waals surface area contributed by atoms with E-state index in [1.165, 1.54) is 180 Å². The molecule has 1 atom stereocenters. The Balaban J connectivity index is 3.45. The van der Waals surface area contributed by atoms with Crippen LogP contribution in [0.4, 0.5) is 0 Å². The molecule has 0 aliphatic carbocycles. The molecule has 0 fully saturated rings. The fourth-order valence-electron chi connectivity index (χ4n) is 7.73. The number of allylic oxidation sites excluding steroid dienone is 8. The van der Waals surface area contributed by atoms with Crippen LogP contribution in [0, 0.1) is 0 Å². The van der Waals surface area contributed by atoms with Crippen LogP contribution < -0.4 is 0 Å². The van der Waals surface area contributed by atoms with Gasteiger partial charge in [0.2, 0.25) is 0 Å². The van der Waals surface area contributed by atoms with Crippen molar-refractivity contribution in [3.63, 3.8) is 0 Å². The molecule has 0 saturated carbocycles. The third-order valence-electron chi connectivity index (χ3n) is 11.6. The summed E-state index contributed by atoms with van der Waals surface area (Å²) in [6.45, 7) is 4.06. The topological polar surface area (TPSA) is 72.8 Å². The van der Waals surface area contributed by atoms with Crippen LogP contribution >= 0.6 is 0 Å². The first-order valence-corrected chi connectivity index (χ1v) is 26.2. The zero-order valence-electron chi connectivity index (χ0n) is 40.0. The van der Waals surface area contributed by atoms with Gasteiger partial charge in [0.25, 0.3) is 0 Å². The van der Waals surface area contributed by atoms with Crippen LogP contribution in [0.5, 0.6) is 0 Å². The van der Waals surface area contributed by atoms with Gasteiger partial charge in [-0.3, -0.25) is 9.59 Å². The van der Waals surface area contributed by atoms with Crippen LogP contribution in [-0.2, 0) is 19.1 Å². The minimum absolute atomic E-state index is 0.0613. The third-order valence-corrected chi connectivity index (χ3v) is 11.6. The SMILES string of the molecule is CC/C=C\C/C=C\C/C=C\C/C=C\CCCCCCCCCCCCCCCCCCC(=O)OC(CO)COC(=O)CCCCCCCCCCCCCCCCCCC. The highest BCUT2D eigenvalue weighted by molar-refractivity contribution is 5.70. The molecule has 0 aliphatic heterocycles. The van der Waals surface area contributed by atoms with Crippen LogP contribution in [-0.4, -0.2) is 36.4 Å². The molecule has 0 spiro atoms. The van der Waals surface area contributed by atoms with Crippen LogP contribution in [0.1, 0.15) is 271 Å². The molecule has 0 radical (unpaired) electrons. The monoisotopic (exact) mass is 841 g/mol. The lowest BCUT2D eigenvalue weighted by molar-refractivity contribution is -0.161. The summed E-state index contributed by atoms with van der Waals surface area (Å²) in [7, 11) is 0. The summed E-state index contributed by atoms with van der Waals surface area (Å²) < 4.78 is 10.7. The predicted octanol–water partition coefficient (Wildman–Crippen LogP) is 17.3. The number of hydrogen-bond donors (Lipinski definition) is 1. The van der Waals surface area contributed by atoms with E-state index in [9.17, 15) is 14.7 Å². The van der Waals surface area contributed by atoms with E-state index in [1.807, 2.05) is 0 Å². The second-order valence-electron chi connectivity index (χ2n) is 17.6. The Morgan fingerprint density at radius 3 is 1.08 bits per heavy atom. The summed E-state index contributed by atoms with van der Waals surface area (Å²) >= 11 is 0. The van der Waals surface area contributed by atoms with Crippen molar-refractivity contribution in [3.05, 3.63) is 48.6 Å². The van der Waals surface area contributed by atoms with Crippen LogP contribution in [0.3, 0.4) is 0 Å². The molecule has 0 aromatic rings. The maximum absolute atomic E-state index is 12.3. The van der Waals surface area contributed by atoms with Gasteiger partial charge >= 0.3 is 11.9 Å². The predicted molar refractivity (Wildman–Crippen MR) is 261 cm³/mol. The molecule has 5 heteroatoms. The van der Waals surface area contributed by atoms with Crippen LogP contribution in [0.2, 0.25) is 0 Å². The lowest BCUT2D eigenvalue weighted by Gasteiger charge is -2.15. The molecule has 0 amide bonds. The molecule has 0 saturated heterocycles. The molecule has 350 valence electrons. The van der Waals surface area contributed by atoms with Gasteiger partial charge in [0.15, 0.2) is 6.10 Å². The van der Waals surface area contributed by atoms with Gasteiger partial charge in [-0.1, -0.05) is 255 Å². The van der Waals surface area contributed by atoms with E-state index >= 15 is 0 Å². The summed E-state index contributed by atoms with van der Waals surface area (Å²) in [5.74, 6) is -0.577. The second-order valence-corrected chi connectivity index (χ2v) is 17.6. The van der Waals surface area contributed by atoms with Crippen molar-refractivity contribution >= 4 is 11.9 Å². The fourth-order valence-corrected chi connectivity index (χ4v) is 7.73. The molecule has 0 heterocycles. The van der Waals surface area contributed by atoms with Gasteiger partial charge in [0.1, 0.15) is 6.61 Å². The molecule has 1 unspecified atom stereocenters. The number of aliphatic hydroxyl groups is 1. The molecule has 0 aromatic carbocycles. The van der Waals surface area contributed by atoms with Crippen molar-refractivity contribution < 1.29 is 24.2 Å². The van der Waals surface area contributed by atoms with Gasteiger partial charge in [-0.05, 0) is 51.4 Å². The molecule has 1 N–H and O–H groups in total. The highest BCUT2D eigenvalue weighted by atomic mass is 16.6. The Bertz CT molecular complexity index is 997. The number of aliphatic hydroxyl groups excluding tert-OH is 1. The van der Waals surface area contributed by atoms with Gasteiger partial charge in [-0.25, -0.2) is 0 Å². The van der Waals surface area contributed by atoms with Crippen molar-refractivity contribution in [2.45, 2.75) is 277 Å². The molecular formula is C55H100O5. The number of carbonyl (C=O) groups excluding carboxylic acids is 2. The molecule has 0 rings (SSSR count). The van der Waals surface area contributed by atoms with Crippen molar-refractivity contribution in [2.75, 3.05) is 13.2 Å². The highest BCUT2D eigenvalue weighted by Crippen LogP contribution is 2.17.